The van der Waals surface area contributed by atoms with Gasteiger partial charge in [-0.05, 0) is 12.1 Å². The fraction of sp³-hybridized carbons (Fsp3) is 0.500. The fourth-order valence-corrected chi connectivity index (χ4v) is 2.94. The zero-order chi connectivity index (χ0) is 13.2. The topological polar surface area (TPSA) is 47.6 Å². The summed E-state index contributed by atoms with van der Waals surface area (Å²) < 4.78 is 0. The van der Waals surface area contributed by atoms with Crippen LogP contribution in [0, 0.1) is 0 Å². The molecule has 1 aromatic carbocycles. The zero-order valence-corrected chi connectivity index (χ0v) is 11.2. The van der Waals surface area contributed by atoms with Crippen molar-refractivity contribution in [2.75, 3.05) is 31.7 Å². The van der Waals surface area contributed by atoms with E-state index in [-0.39, 0.29) is 18.1 Å². The van der Waals surface area contributed by atoms with Crippen LogP contribution in [0.4, 0.5) is 5.69 Å². The summed E-state index contributed by atoms with van der Waals surface area (Å²) in [7, 11) is 1.91. The molecule has 2 heterocycles. The van der Waals surface area contributed by atoms with Gasteiger partial charge in [-0.15, -0.1) is 0 Å². The molecule has 2 unspecified atom stereocenters. The smallest absolute Gasteiger partial charge is 0.224 e. The number of anilines is 1. The van der Waals surface area contributed by atoms with E-state index in [4.69, 9.17) is 0 Å². The second kappa shape index (κ2) is 5.19. The van der Waals surface area contributed by atoms with E-state index in [1.165, 1.54) is 5.69 Å². The third-order valence-corrected chi connectivity index (χ3v) is 4.04. The Morgan fingerprint density at radius 2 is 2.05 bits per heavy atom. The van der Waals surface area contributed by atoms with Crippen molar-refractivity contribution in [2.45, 2.75) is 18.6 Å². The lowest BCUT2D eigenvalue weighted by Crippen LogP contribution is -2.65. The Balaban J connectivity index is 1.93. The minimum absolute atomic E-state index is 0.170. The lowest BCUT2D eigenvalue weighted by Gasteiger charge is -2.42. The van der Waals surface area contributed by atoms with Crippen molar-refractivity contribution in [3.8, 4) is 0 Å². The van der Waals surface area contributed by atoms with Crippen LogP contribution in [0.2, 0.25) is 0 Å². The van der Waals surface area contributed by atoms with Crippen LogP contribution in [0.25, 0.3) is 0 Å². The molecule has 2 aliphatic heterocycles. The zero-order valence-electron chi connectivity index (χ0n) is 11.2. The predicted molar refractivity (Wildman–Crippen MR) is 74.8 cm³/mol. The van der Waals surface area contributed by atoms with Crippen molar-refractivity contribution in [2.24, 2.45) is 0 Å². The van der Waals surface area contributed by atoms with Crippen molar-refractivity contribution in [3.05, 3.63) is 30.3 Å². The highest BCUT2D eigenvalue weighted by atomic mass is 16.2. The van der Waals surface area contributed by atoms with Crippen LogP contribution < -0.4 is 15.5 Å². The molecule has 2 atom stereocenters. The van der Waals surface area contributed by atoms with Gasteiger partial charge in [-0.2, -0.15) is 0 Å². The van der Waals surface area contributed by atoms with Crippen LogP contribution in [-0.2, 0) is 4.79 Å². The Morgan fingerprint density at radius 1 is 1.26 bits per heavy atom. The summed E-state index contributed by atoms with van der Waals surface area (Å²) in [6.07, 6.45) is 0.750. The summed E-state index contributed by atoms with van der Waals surface area (Å²) in [5, 5.41) is 6.78. The monoisotopic (exact) mass is 260 g/mol. The highest BCUT2D eigenvalue weighted by Crippen LogP contribution is 2.23. The fourth-order valence-electron chi connectivity index (χ4n) is 2.94. The van der Waals surface area contributed by atoms with Gasteiger partial charge < -0.3 is 15.1 Å². The summed E-state index contributed by atoms with van der Waals surface area (Å²) in [6, 6.07) is 10.5. The first-order valence-electron chi connectivity index (χ1n) is 6.79. The minimum Gasteiger partial charge on any atom is -0.353 e. The Hall–Kier alpha value is -1.59. The number of hydrogen-bond donors (Lipinski definition) is 2. The quantitative estimate of drug-likeness (QED) is 0.757. The number of nitrogens with zero attached hydrogens (tertiary/aromatic N) is 2. The molecule has 0 saturated carbocycles. The maximum absolute atomic E-state index is 12.1. The van der Waals surface area contributed by atoms with Gasteiger partial charge in [0.25, 0.3) is 0 Å². The highest BCUT2D eigenvalue weighted by molar-refractivity contribution is 5.78. The van der Waals surface area contributed by atoms with Gasteiger partial charge in [-0.25, -0.2) is 0 Å². The van der Waals surface area contributed by atoms with Gasteiger partial charge in [-0.1, -0.05) is 18.2 Å². The molecule has 102 valence electrons. The number of carbonyl (C=O) groups excluding carboxylic acids is 1. The maximum Gasteiger partial charge on any atom is 0.224 e. The molecular formula is C14H20N4O. The SMILES string of the molecule is CN1C(=O)CCN(c2ccccc2)C2NCNCC21. The van der Waals surface area contributed by atoms with Crippen LogP contribution in [0.3, 0.4) is 0 Å². The summed E-state index contributed by atoms with van der Waals surface area (Å²) >= 11 is 0. The first kappa shape index (κ1) is 12.4. The third-order valence-electron chi connectivity index (χ3n) is 4.04. The van der Waals surface area contributed by atoms with Crippen LogP contribution in [0.5, 0.6) is 0 Å². The molecule has 5 nitrogen and oxygen atoms in total. The molecule has 2 fully saturated rings. The van der Waals surface area contributed by atoms with E-state index in [0.29, 0.717) is 6.42 Å². The normalized spacial score (nSPS) is 27.9. The summed E-state index contributed by atoms with van der Waals surface area (Å²) in [5.41, 5.74) is 1.18. The second-order valence-corrected chi connectivity index (χ2v) is 5.13. The average Bonchev–Trinajstić information content (AvgIpc) is 2.59. The molecular weight excluding hydrogens is 240 g/mol. The van der Waals surface area contributed by atoms with Crippen LogP contribution in [0.1, 0.15) is 6.42 Å². The van der Waals surface area contributed by atoms with Gasteiger partial charge in [0.15, 0.2) is 0 Å². The Bertz CT molecular complexity index is 450. The molecule has 0 bridgehead atoms. The number of hydrogen-bond acceptors (Lipinski definition) is 4. The number of amides is 1. The van der Waals surface area contributed by atoms with E-state index in [1.54, 1.807) is 0 Å². The van der Waals surface area contributed by atoms with Crippen LogP contribution in [-0.4, -0.2) is 49.8 Å². The van der Waals surface area contributed by atoms with Gasteiger partial charge in [0.1, 0.15) is 6.17 Å². The van der Waals surface area contributed by atoms with Crippen molar-refractivity contribution >= 4 is 11.6 Å². The molecule has 2 saturated heterocycles. The van der Waals surface area contributed by atoms with Gasteiger partial charge >= 0.3 is 0 Å². The highest BCUT2D eigenvalue weighted by Gasteiger charge is 2.37. The predicted octanol–water partition coefficient (Wildman–Crippen LogP) is 0.200. The number of rotatable bonds is 1. The molecule has 2 aliphatic rings. The molecule has 19 heavy (non-hydrogen) atoms. The van der Waals surface area contributed by atoms with Gasteiger partial charge in [-0.3, -0.25) is 10.1 Å². The molecule has 3 rings (SSSR count). The average molecular weight is 260 g/mol. The van der Waals surface area contributed by atoms with Gasteiger partial charge in [0.05, 0.1) is 6.04 Å². The number of para-hydroxylation sites is 1. The van der Waals surface area contributed by atoms with Crippen molar-refractivity contribution in [1.29, 1.82) is 0 Å². The Labute approximate surface area is 113 Å². The number of likely N-dealkylation sites (N-methyl/N-ethyl adjacent to an activating group) is 1. The molecule has 2 N–H and O–H groups in total. The molecule has 0 aliphatic carbocycles. The number of carbonyl (C=O) groups is 1. The standard InChI is InChI=1S/C14H20N4O/c1-17-12-9-15-10-16-14(12)18(8-7-13(17)19)11-5-3-2-4-6-11/h2-6,12,14-16H,7-10H2,1H3. The summed E-state index contributed by atoms with van der Waals surface area (Å²) in [6.45, 7) is 2.39. The number of benzene rings is 1. The van der Waals surface area contributed by atoms with Crippen LogP contribution >= 0.6 is 0 Å². The van der Waals surface area contributed by atoms with Crippen molar-refractivity contribution in [3.63, 3.8) is 0 Å². The van der Waals surface area contributed by atoms with E-state index in [2.05, 4.69) is 27.7 Å². The second-order valence-electron chi connectivity index (χ2n) is 5.13. The van der Waals surface area contributed by atoms with E-state index in [9.17, 15) is 4.79 Å². The van der Waals surface area contributed by atoms with E-state index in [1.807, 2.05) is 30.1 Å². The summed E-state index contributed by atoms with van der Waals surface area (Å²) in [4.78, 5) is 16.3. The molecule has 1 amide bonds. The number of fused-ring (bicyclic) bond motifs is 1. The largest absolute Gasteiger partial charge is 0.353 e. The Morgan fingerprint density at radius 3 is 2.84 bits per heavy atom. The number of nitrogens with one attached hydrogen (secondary N) is 2. The lowest BCUT2D eigenvalue weighted by atomic mass is 10.1. The lowest BCUT2D eigenvalue weighted by molar-refractivity contribution is -0.131. The summed E-state index contributed by atoms with van der Waals surface area (Å²) in [5.74, 6) is 0.221. The van der Waals surface area contributed by atoms with Crippen molar-refractivity contribution < 1.29 is 4.79 Å². The third kappa shape index (κ3) is 2.31. The molecule has 0 aromatic heterocycles. The molecule has 1 aromatic rings. The molecule has 0 radical (unpaired) electrons. The van der Waals surface area contributed by atoms with Crippen molar-refractivity contribution in [1.82, 2.24) is 15.5 Å². The van der Waals surface area contributed by atoms with Gasteiger partial charge in [0.2, 0.25) is 5.91 Å². The minimum atomic E-state index is 0.170. The first-order chi connectivity index (χ1) is 9.27. The molecule has 0 spiro atoms. The van der Waals surface area contributed by atoms with E-state index in [0.717, 1.165) is 19.8 Å². The molecule has 5 heteroatoms. The maximum atomic E-state index is 12.1. The first-order valence-corrected chi connectivity index (χ1v) is 6.79. The van der Waals surface area contributed by atoms with Gasteiger partial charge in [0, 0.05) is 38.9 Å². The Kier molecular flexibility index (Phi) is 3.40. The van der Waals surface area contributed by atoms with E-state index < -0.39 is 0 Å². The van der Waals surface area contributed by atoms with E-state index >= 15 is 0 Å². The van der Waals surface area contributed by atoms with Crippen LogP contribution in [0.15, 0.2) is 30.3 Å².